The van der Waals surface area contributed by atoms with Gasteiger partial charge >= 0.3 is 0 Å². The number of sulfonamides is 1. The Labute approximate surface area is 181 Å². The zero-order chi connectivity index (χ0) is 21.9. The molecule has 0 saturated heterocycles. The van der Waals surface area contributed by atoms with Crippen molar-refractivity contribution in [3.63, 3.8) is 0 Å². The van der Waals surface area contributed by atoms with Crippen LogP contribution in [-0.2, 0) is 10.0 Å². The van der Waals surface area contributed by atoms with Crippen molar-refractivity contribution in [3.8, 4) is 17.6 Å². The van der Waals surface area contributed by atoms with Gasteiger partial charge in [-0.3, -0.25) is 9.71 Å². The minimum Gasteiger partial charge on any atom is -0.495 e. The van der Waals surface area contributed by atoms with Crippen molar-refractivity contribution in [2.24, 2.45) is 0 Å². The highest BCUT2D eigenvalue weighted by Gasteiger charge is 2.22. The minimum atomic E-state index is -4.30. The number of aromatic nitrogens is 1. The number of rotatable bonds is 4. The van der Waals surface area contributed by atoms with Crippen molar-refractivity contribution in [2.45, 2.75) is 4.90 Å². The summed E-state index contributed by atoms with van der Waals surface area (Å²) in [6.07, 6.45) is 2.84. The number of hydrogen-bond acceptors (Lipinski definition) is 4. The van der Waals surface area contributed by atoms with Gasteiger partial charge in [0.2, 0.25) is 0 Å². The number of halogens is 4. The summed E-state index contributed by atoms with van der Waals surface area (Å²) < 4.78 is 61.2. The van der Waals surface area contributed by atoms with Crippen LogP contribution < -0.4 is 9.46 Å². The first-order chi connectivity index (χ1) is 14.2. The molecule has 0 aliphatic heterocycles. The van der Waals surface area contributed by atoms with Crippen LogP contribution in [0.15, 0.2) is 53.7 Å². The number of methoxy groups -OCH3 is 1. The average molecular weight is 469 g/mol. The van der Waals surface area contributed by atoms with Crippen LogP contribution in [0.4, 0.5) is 14.5 Å². The number of ether oxygens (including phenoxy) is 1. The monoisotopic (exact) mass is 468 g/mol. The molecule has 5 nitrogen and oxygen atoms in total. The van der Waals surface area contributed by atoms with Gasteiger partial charge in [0.05, 0.1) is 29.6 Å². The summed E-state index contributed by atoms with van der Waals surface area (Å²) in [6, 6.07) is 7.18. The maximum Gasteiger partial charge on any atom is 0.263 e. The lowest BCUT2D eigenvalue weighted by molar-refractivity contribution is 0.413. The highest BCUT2D eigenvalue weighted by Crippen LogP contribution is 2.29. The van der Waals surface area contributed by atoms with Crippen LogP contribution in [0.2, 0.25) is 10.0 Å². The molecule has 0 aliphatic carbocycles. The molecule has 0 saturated carbocycles. The normalized spacial score (nSPS) is 10.8. The second-order valence-corrected chi connectivity index (χ2v) is 8.32. The molecule has 0 aliphatic rings. The highest BCUT2D eigenvalue weighted by atomic mass is 35.5. The fourth-order valence-corrected chi connectivity index (χ4v) is 4.19. The first-order valence-corrected chi connectivity index (χ1v) is 10.4. The lowest BCUT2D eigenvalue weighted by Gasteiger charge is -2.11. The van der Waals surface area contributed by atoms with Crippen LogP contribution in [0.3, 0.4) is 0 Å². The van der Waals surface area contributed by atoms with Crippen molar-refractivity contribution in [3.05, 3.63) is 81.6 Å². The van der Waals surface area contributed by atoms with Gasteiger partial charge in [-0.25, -0.2) is 17.2 Å². The lowest BCUT2D eigenvalue weighted by atomic mass is 10.1. The standard InChI is InChI=1S/C20H12Cl2F2N2O3S/c1-29-14-8-12(10-25-11-14)2-4-15-17(23)6-7-18(20(15)24)26-30(27,28)19-9-13(21)3-5-16(19)22/h3,5-11,26H,1H3. The third-order valence-electron chi connectivity index (χ3n) is 3.80. The van der Waals surface area contributed by atoms with Gasteiger partial charge in [-0.1, -0.05) is 35.0 Å². The SMILES string of the molecule is COc1cncc(C#Cc2c(F)ccc(NS(=O)(=O)c3cc(Cl)ccc3Cl)c2F)c1. The number of nitrogens with one attached hydrogen (secondary N) is 1. The molecule has 0 fully saturated rings. The molecule has 3 rings (SSSR count). The second-order valence-electron chi connectivity index (χ2n) is 5.83. The summed E-state index contributed by atoms with van der Waals surface area (Å²) in [4.78, 5) is 3.55. The lowest BCUT2D eigenvalue weighted by Crippen LogP contribution is -2.15. The molecule has 2 aromatic carbocycles. The van der Waals surface area contributed by atoms with E-state index in [0.29, 0.717) is 11.3 Å². The summed E-state index contributed by atoms with van der Waals surface area (Å²) >= 11 is 11.7. The van der Waals surface area contributed by atoms with Gasteiger partial charge in [0.25, 0.3) is 10.0 Å². The van der Waals surface area contributed by atoms with E-state index in [1.54, 1.807) is 0 Å². The summed E-state index contributed by atoms with van der Waals surface area (Å²) in [5.41, 5.74) is -0.763. The van der Waals surface area contributed by atoms with Crippen LogP contribution in [0, 0.1) is 23.5 Å². The van der Waals surface area contributed by atoms with Crippen molar-refractivity contribution in [1.29, 1.82) is 0 Å². The van der Waals surface area contributed by atoms with E-state index in [4.69, 9.17) is 27.9 Å². The number of benzene rings is 2. The Morgan fingerprint density at radius 1 is 1.07 bits per heavy atom. The quantitative estimate of drug-likeness (QED) is 0.554. The molecule has 30 heavy (non-hydrogen) atoms. The molecule has 0 bridgehead atoms. The molecule has 0 spiro atoms. The molecule has 154 valence electrons. The molecular weight excluding hydrogens is 457 g/mol. The van der Waals surface area contributed by atoms with E-state index in [1.165, 1.54) is 37.7 Å². The van der Waals surface area contributed by atoms with E-state index in [-0.39, 0.29) is 14.9 Å². The van der Waals surface area contributed by atoms with Crippen molar-refractivity contribution < 1.29 is 21.9 Å². The van der Waals surface area contributed by atoms with Crippen molar-refractivity contribution >= 4 is 38.9 Å². The molecule has 0 atom stereocenters. The summed E-state index contributed by atoms with van der Waals surface area (Å²) in [5, 5.41) is 0.0118. The predicted molar refractivity (Wildman–Crippen MR) is 110 cm³/mol. The van der Waals surface area contributed by atoms with Gasteiger partial charge in [-0.05, 0) is 36.4 Å². The maximum atomic E-state index is 14.8. The maximum absolute atomic E-state index is 14.8. The highest BCUT2D eigenvalue weighted by molar-refractivity contribution is 7.92. The Kier molecular flexibility index (Phi) is 6.46. The van der Waals surface area contributed by atoms with Gasteiger partial charge in [-0.15, -0.1) is 0 Å². The molecule has 10 heteroatoms. The van der Waals surface area contributed by atoms with Gasteiger partial charge < -0.3 is 4.74 Å². The fourth-order valence-electron chi connectivity index (χ4n) is 2.36. The molecule has 1 heterocycles. The summed E-state index contributed by atoms with van der Waals surface area (Å²) in [5.74, 6) is 3.20. The molecular formula is C20H12Cl2F2N2O3S. The molecule has 0 amide bonds. The first-order valence-electron chi connectivity index (χ1n) is 8.18. The zero-order valence-electron chi connectivity index (χ0n) is 15.2. The van der Waals surface area contributed by atoms with Gasteiger partial charge in [-0.2, -0.15) is 0 Å². The minimum absolute atomic E-state index is 0.111. The first kappa shape index (κ1) is 21.8. The molecule has 1 N–H and O–H groups in total. The Morgan fingerprint density at radius 2 is 1.83 bits per heavy atom. The van der Waals surface area contributed by atoms with Crippen LogP contribution in [0.1, 0.15) is 11.1 Å². The van der Waals surface area contributed by atoms with Crippen LogP contribution in [-0.4, -0.2) is 20.5 Å². The van der Waals surface area contributed by atoms with E-state index >= 15 is 0 Å². The van der Waals surface area contributed by atoms with E-state index < -0.39 is 32.9 Å². The molecule has 0 unspecified atom stereocenters. The van der Waals surface area contributed by atoms with Crippen LogP contribution in [0.25, 0.3) is 0 Å². The van der Waals surface area contributed by atoms with E-state index in [0.717, 1.165) is 18.2 Å². The molecule has 3 aromatic rings. The van der Waals surface area contributed by atoms with Crippen molar-refractivity contribution in [1.82, 2.24) is 4.98 Å². The number of pyridine rings is 1. The molecule has 1 aromatic heterocycles. The summed E-state index contributed by atoms with van der Waals surface area (Å²) in [7, 11) is -2.86. The summed E-state index contributed by atoms with van der Waals surface area (Å²) in [6.45, 7) is 0. The Bertz CT molecular complexity index is 1290. The largest absolute Gasteiger partial charge is 0.495 e. The van der Waals surface area contributed by atoms with E-state index in [1.807, 2.05) is 4.72 Å². The Hall–Kier alpha value is -2.86. The predicted octanol–water partition coefficient (Wildman–Crippen LogP) is 4.88. The van der Waals surface area contributed by atoms with E-state index in [9.17, 15) is 17.2 Å². The number of anilines is 1. The Morgan fingerprint density at radius 3 is 2.57 bits per heavy atom. The van der Waals surface area contributed by atoms with Gasteiger partial charge in [0, 0.05) is 16.8 Å². The average Bonchev–Trinajstić information content (AvgIpc) is 2.72. The van der Waals surface area contributed by atoms with Crippen LogP contribution >= 0.6 is 23.2 Å². The smallest absolute Gasteiger partial charge is 0.263 e. The Balaban J connectivity index is 1.99. The zero-order valence-corrected chi connectivity index (χ0v) is 17.5. The number of hydrogen-bond donors (Lipinski definition) is 1. The van der Waals surface area contributed by atoms with Gasteiger partial charge in [0.15, 0.2) is 5.82 Å². The van der Waals surface area contributed by atoms with Gasteiger partial charge in [0.1, 0.15) is 16.5 Å². The topological polar surface area (TPSA) is 68.3 Å². The third kappa shape index (κ3) is 4.82. The fraction of sp³-hybridized carbons (Fsp3) is 0.0500. The molecule has 0 radical (unpaired) electrons. The van der Waals surface area contributed by atoms with Crippen LogP contribution in [0.5, 0.6) is 5.75 Å². The van der Waals surface area contributed by atoms with E-state index in [2.05, 4.69) is 16.8 Å². The van der Waals surface area contributed by atoms with Crippen molar-refractivity contribution in [2.75, 3.05) is 11.8 Å². The number of nitrogens with zero attached hydrogens (tertiary/aromatic N) is 1. The second kappa shape index (κ2) is 8.88. The third-order valence-corrected chi connectivity index (χ3v) is 5.88.